The van der Waals surface area contributed by atoms with E-state index in [0.717, 1.165) is 40.7 Å². The van der Waals surface area contributed by atoms with E-state index in [0.29, 0.717) is 13.0 Å². The minimum Gasteiger partial charge on any atom is -0.354 e. The van der Waals surface area contributed by atoms with E-state index in [1.54, 1.807) is 0 Å². The van der Waals surface area contributed by atoms with Crippen LogP contribution in [0.1, 0.15) is 24.5 Å². The van der Waals surface area contributed by atoms with Crippen molar-refractivity contribution in [2.75, 3.05) is 17.1 Å². The summed E-state index contributed by atoms with van der Waals surface area (Å²) in [6, 6.07) is 9.68. The smallest absolute Gasteiger partial charge is 0.243 e. The lowest BCUT2D eigenvalue weighted by atomic mass is 10.1. The van der Waals surface area contributed by atoms with E-state index < -0.39 is 33.6 Å². The largest absolute Gasteiger partial charge is 0.354 e. The Morgan fingerprint density at radius 2 is 1.75 bits per heavy atom. The highest BCUT2D eigenvalue weighted by Gasteiger charge is 2.29. The summed E-state index contributed by atoms with van der Waals surface area (Å²) in [5, 5.41) is 2.70. The molecule has 8 heteroatoms. The van der Waals surface area contributed by atoms with Crippen LogP contribution in [0, 0.1) is 18.6 Å². The molecule has 2 aromatic rings. The molecule has 2 rings (SSSR count). The highest BCUT2D eigenvalue weighted by Crippen LogP contribution is 2.23. The molecule has 0 saturated carbocycles. The van der Waals surface area contributed by atoms with Crippen molar-refractivity contribution < 1.29 is 22.0 Å². The summed E-state index contributed by atoms with van der Waals surface area (Å²) in [7, 11) is -3.89. The van der Waals surface area contributed by atoms with Gasteiger partial charge in [0.25, 0.3) is 0 Å². The number of hydrogen-bond donors (Lipinski definition) is 1. The molecule has 0 bridgehead atoms. The third-order valence-electron chi connectivity index (χ3n) is 4.31. The van der Waals surface area contributed by atoms with E-state index in [9.17, 15) is 22.0 Å². The van der Waals surface area contributed by atoms with Gasteiger partial charge in [0.15, 0.2) is 11.6 Å². The summed E-state index contributed by atoms with van der Waals surface area (Å²) < 4.78 is 51.8. The number of nitrogens with one attached hydrogen (secondary N) is 1. The van der Waals surface area contributed by atoms with Crippen LogP contribution in [0.3, 0.4) is 0 Å². The number of sulfonamides is 1. The average Bonchev–Trinajstić information content (AvgIpc) is 2.62. The fourth-order valence-corrected chi connectivity index (χ4v) is 4.00. The second kappa shape index (κ2) is 9.14. The predicted octanol–water partition coefficient (Wildman–Crippen LogP) is 3.18. The van der Waals surface area contributed by atoms with Crippen LogP contribution in [0.2, 0.25) is 0 Å². The van der Waals surface area contributed by atoms with Crippen molar-refractivity contribution in [3.63, 3.8) is 0 Å². The number of benzene rings is 2. The van der Waals surface area contributed by atoms with Gasteiger partial charge in [-0.1, -0.05) is 29.8 Å². The number of aryl methyl sites for hydroxylation is 2. The summed E-state index contributed by atoms with van der Waals surface area (Å²) in [4.78, 5) is 12.4. The molecular formula is C20H24F2N2O3S. The van der Waals surface area contributed by atoms with Gasteiger partial charge in [0.1, 0.15) is 6.04 Å². The van der Waals surface area contributed by atoms with Gasteiger partial charge in [0.2, 0.25) is 15.9 Å². The molecule has 0 saturated heterocycles. The lowest BCUT2D eigenvalue weighted by Gasteiger charge is -2.28. The lowest BCUT2D eigenvalue weighted by molar-refractivity contribution is -0.121. The zero-order valence-corrected chi connectivity index (χ0v) is 16.9. The molecule has 1 amide bonds. The van der Waals surface area contributed by atoms with Crippen molar-refractivity contribution in [1.29, 1.82) is 0 Å². The maximum Gasteiger partial charge on any atom is 0.243 e. The third kappa shape index (κ3) is 5.76. The van der Waals surface area contributed by atoms with Crippen molar-refractivity contribution in [3.8, 4) is 0 Å². The summed E-state index contributed by atoms with van der Waals surface area (Å²) in [6.45, 7) is 3.77. The molecule has 28 heavy (non-hydrogen) atoms. The van der Waals surface area contributed by atoms with Crippen LogP contribution in [-0.4, -0.2) is 33.2 Å². The summed E-state index contributed by atoms with van der Waals surface area (Å²) in [6.07, 6.45) is 2.37. The molecule has 0 heterocycles. The zero-order valence-electron chi connectivity index (χ0n) is 16.1. The molecule has 0 aliphatic carbocycles. The number of rotatable bonds is 8. The van der Waals surface area contributed by atoms with E-state index in [-0.39, 0.29) is 5.69 Å². The first-order valence-corrected chi connectivity index (χ1v) is 10.7. The molecule has 0 fully saturated rings. The number of anilines is 1. The minimum absolute atomic E-state index is 0.108. The van der Waals surface area contributed by atoms with Crippen molar-refractivity contribution in [1.82, 2.24) is 5.32 Å². The minimum atomic E-state index is -3.89. The van der Waals surface area contributed by atoms with Gasteiger partial charge in [-0.05, 0) is 44.4 Å². The van der Waals surface area contributed by atoms with Crippen LogP contribution in [0.25, 0.3) is 0 Å². The molecular weight excluding hydrogens is 386 g/mol. The van der Waals surface area contributed by atoms with Crippen molar-refractivity contribution in [3.05, 3.63) is 65.2 Å². The standard InChI is InChI=1S/C20H24F2N2O3S/c1-14-6-8-16(9-7-14)5-4-12-23-20(25)15(2)24(28(3,26)27)17-10-11-18(21)19(22)13-17/h6-11,13,15H,4-5,12H2,1-3H3,(H,23,25). The number of carbonyl (C=O) groups excluding carboxylic acids is 1. The molecule has 0 radical (unpaired) electrons. The van der Waals surface area contributed by atoms with Gasteiger partial charge in [-0.3, -0.25) is 9.10 Å². The Morgan fingerprint density at radius 3 is 2.32 bits per heavy atom. The van der Waals surface area contributed by atoms with E-state index in [1.807, 2.05) is 31.2 Å². The summed E-state index contributed by atoms with van der Waals surface area (Å²) >= 11 is 0. The molecule has 1 atom stereocenters. The van der Waals surface area contributed by atoms with Gasteiger partial charge in [-0.25, -0.2) is 17.2 Å². The second-order valence-electron chi connectivity index (χ2n) is 6.71. The first-order valence-electron chi connectivity index (χ1n) is 8.87. The maximum absolute atomic E-state index is 13.5. The zero-order chi connectivity index (χ0) is 20.9. The van der Waals surface area contributed by atoms with Gasteiger partial charge in [-0.15, -0.1) is 0 Å². The van der Waals surface area contributed by atoms with Gasteiger partial charge < -0.3 is 5.32 Å². The molecule has 0 spiro atoms. The molecule has 1 unspecified atom stereocenters. The van der Waals surface area contributed by atoms with Gasteiger partial charge >= 0.3 is 0 Å². The van der Waals surface area contributed by atoms with Gasteiger partial charge in [0, 0.05) is 12.6 Å². The topological polar surface area (TPSA) is 66.5 Å². The second-order valence-corrected chi connectivity index (χ2v) is 8.57. The molecule has 2 aromatic carbocycles. The average molecular weight is 410 g/mol. The van der Waals surface area contributed by atoms with Crippen LogP contribution >= 0.6 is 0 Å². The number of halogens is 2. The van der Waals surface area contributed by atoms with E-state index in [4.69, 9.17) is 0 Å². The Bertz CT molecular complexity index is 931. The lowest BCUT2D eigenvalue weighted by Crippen LogP contribution is -2.48. The molecule has 5 nitrogen and oxygen atoms in total. The van der Waals surface area contributed by atoms with Gasteiger partial charge in [-0.2, -0.15) is 0 Å². The number of nitrogens with zero attached hydrogens (tertiary/aromatic N) is 1. The third-order valence-corrected chi connectivity index (χ3v) is 5.55. The quantitative estimate of drug-likeness (QED) is 0.680. The fourth-order valence-electron chi connectivity index (χ4n) is 2.84. The van der Waals surface area contributed by atoms with E-state index in [2.05, 4.69) is 5.32 Å². The van der Waals surface area contributed by atoms with Crippen molar-refractivity contribution in [2.45, 2.75) is 32.7 Å². The summed E-state index contributed by atoms with van der Waals surface area (Å²) in [5.41, 5.74) is 2.21. The first kappa shape index (κ1) is 21.8. The number of hydrogen-bond acceptors (Lipinski definition) is 3. The Labute approximate surface area is 164 Å². The molecule has 0 aliphatic heterocycles. The van der Waals surface area contributed by atoms with Crippen LogP contribution in [0.4, 0.5) is 14.5 Å². The maximum atomic E-state index is 13.5. The highest BCUT2D eigenvalue weighted by atomic mass is 32.2. The monoisotopic (exact) mass is 410 g/mol. The summed E-state index contributed by atoms with van der Waals surface area (Å²) in [5.74, 6) is -2.79. The predicted molar refractivity (Wildman–Crippen MR) is 106 cm³/mol. The molecule has 1 N–H and O–H groups in total. The van der Waals surface area contributed by atoms with Crippen molar-refractivity contribution in [2.24, 2.45) is 0 Å². The Kier molecular flexibility index (Phi) is 7.12. The normalized spacial score (nSPS) is 12.5. The molecule has 152 valence electrons. The van der Waals surface area contributed by atoms with Crippen molar-refractivity contribution >= 4 is 21.6 Å². The Balaban J connectivity index is 2.01. The van der Waals surface area contributed by atoms with Crippen LogP contribution in [0.5, 0.6) is 0 Å². The Hall–Kier alpha value is -2.48. The van der Waals surface area contributed by atoms with Crippen LogP contribution < -0.4 is 9.62 Å². The first-order chi connectivity index (χ1) is 13.1. The highest BCUT2D eigenvalue weighted by molar-refractivity contribution is 7.92. The molecule has 0 aromatic heterocycles. The fraction of sp³-hybridized carbons (Fsp3) is 0.350. The van der Waals surface area contributed by atoms with Gasteiger partial charge in [0.05, 0.1) is 11.9 Å². The molecule has 0 aliphatic rings. The van der Waals surface area contributed by atoms with Crippen LogP contribution in [0.15, 0.2) is 42.5 Å². The number of carbonyl (C=O) groups is 1. The Morgan fingerprint density at radius 1 is 1.11 bits per heavy atom. The number of amides is 1. The van der Waals surface area contributed by atoms with Crippen LogP contribution in [-0.2, 0) is 21.2 Å². The van der Waals surface area contributed by atoms with E-state index in [1.165, 1.54) is 12.5 Å². The van der Waals surface area contributed by atoms with E-state index >= 15 is 0 Å². The SMILES string of the molecule is Cc1ccc(CCCNC(=O)C(C)N(c2ccc(F)c(F)c2)S(C)(=O)=O)cc1.